The molecule has 3 aromatic rings. The van der Waals surface area contributed by atoms with E-state index in [9.17, 15) is 8.42 Å². The zero-order valence-corrected chi connectivity index (χ0v) is 18.7. The number of nitrogens with zero attached hydrogens (tertiary/aromatic N) is 2. The lowest BCUT2D eigenvalue weighted by molar-refractivity contribution is 0.285. The molecule has 0 spiro atoms. The topological polar surface area (TPSA) is 63.6 Å². The molecule has 0 unspecified atom stereocenters. The van der Waals surface area contributed by atoms with E-state index in [0.29, 0.717) is 11.3 Å². The molecule has 0 aliphatic carbocycles. The second-order valence-electron chi connectivity index (χ2n) is 7.17. The summed E-state index contributed by atoms with van der Waals surface area (Å²) in [7, 11) is -2.15. The SMILES string of the molecule is COc1ccc(S(=O)(=O)n2cc(CN3CCCNCC3)c3cc(Br)ccc32)cc1. The van der Waals surface area contributed by atoms with E-state index in [2.05, 4.69) is 26.1 Å². The standard InChI is InChI=1S/C21H24BrN3O3S/c1-28-18-4-6-19(7-5-18)29(26,27)25-15-16(14-24-11-2-9-23-10-12-24)20-13-17(22)3-8-21(20)25/h3-8,13,15,23H,2,9-12,14H2,1H3. The van der Waals surface area contributed by atoms with Gasteiger partial charge in [-0.05, 0) is 67.5 Å². The van der Waals surface area contributed by atoms with Gasteiger partial charge in [0.25, 0.3) is 10.0 Å². The number of methoxy groups -OCH3 is 1. The average Bonchev–Trinajstić information content (AvgIpc) is 2.89. The third-order valence-corrected chi connectivity index (χ3v) is 7.44. The van der Waals surface area contributed by atoms with Crippen LogP contribution in [0.15, 0.2) is 58.0 Å². The Hall–Kier alpha value is -1.87. The second kappa shape index (κ2) is 8.47. The Labute approximate surface area is 179 Å². The van der Waals surface area contributed by atoms with E-state index in [1.807, 2.05) is 18.2 Å². The first kappa shape index (κ1) is 20.4. The molecule has 8 heteroatoms. The van der Waals surface area contributed by atoms with Crippen LogP contribution in [0.3, 0.4) is 0 Å². The van der Waals surface area contributed by atoms with Crippen LogP contribution in [-0.2, 0) is 16.6 Å². The van der Waals surface area contributed by atoms with E-state index in [1.54, 1.807) is 37.6 Å². The third kappa shape index (κ3) is 4.21. The summed E-state index contributed by atoms with van der Waals surface area (Å²) in [4.78, 5) is 2.61. The van der Waals surface area contributed by atoms with E-state index in [-0.39, 0.29) is 4.90 Å². The van der Waals surface area contributed by atoms with Gasteiger partial charge in [0.2, 0.25) is 0 Å². The zero-order valence-electron chi connectivity index (χ0n) is 16.3. The normalized spacial score (nSPS) is 16.1. The summed E-state index contributed by atoms with van der Waals surface area (Å²) < 4.78 is 34.3. The molecule has 1 saturated heterocycles. The highest BCUT2D eigenvalue weighted by molar-refractivity contribution is 9.10. The molecule has 0 amide bonds. The molecule has 1 aromatic heterocycles. The van der Waals surface area contributed by atoms with E-state index >= 15 is 0 Å². The Morgan fingerprint density at radius 1 is 1.10 bits per heavy atom. The number of rotatable bonds is 5. The van der Waals surface area contributed by atoms with Crippen molar-refractivity contribution in [2.45, 2.75) is 17.9 Å². The fraction of sp³-hybridized carbons (Fsp3) is 0.333. The van der Waals surface area contributed by atoms with E-state index in [0.717, 1.165) is 54.6 Å². The van der Waals surface area contributed by atoms with Crippen LogP contribution in [0.5, 0.6) is 5.75 Å². The minimum absolute atomic E-state index is 0.239. The fourth-order valence-electron chi connectivity index (χ4n) is 3.73. The Balaban J connectivity index is 1.77. The van der Waals surface area contributed by atoms with Crippen molar-refractivity contribution in [2.24, 2.45) is 0 Å². The van der Waals surface area contributed by atoms with Gasteiger partial charge in [0, 0.05) is 35.7 Å². The van der Waals surface area contributed by atoms with Gasteiger partial charge in [-0.3, -0.25) is 4.90 Å². The van der Waals surface area contributed by atoms with Crippen molar-refractivity contribution in [3.8, 4) is 5.75 Å². The Morgan fingerprint density at radius 2 is 1.90 bits per heavy atom. The molecule has 2 aromatic carbocycles. The summed E-state index contributed by atoms with van der Waals surface area (Å²) in [5, 5.41) is 4.36. The van der Waals surface area contributed by atoms with Crippen LogP contribution < -0.4 is 10.1 Å². The number of nitrogens with one attached hydrogen (secondary N) is 1. The van der Waals surface area contributed by atoms with Gasteiger partial charge in [0.1, 0.15) is 5.75 Å². The molecule has 0 saturated carbocycles. The zero-order chi connectivity index (χ0) is 20.4. The van der Waals surface area contributed by atoms with Crippen molar-refractivity contribution in [3.05, 3.63) is 58.7 Å². The summed E-state index contributed by atoms with van der Waals surface area (Å²) >= 11 is 3.53. The lowest BCUT2D eigenvalue weighted by Gasteiger charge is -2.18. The fourth-order valence-corrected chi connectivity index (χ4v) is 5.48. The summed E-state index contributed by atoms with van der Waals surface area (Å²) in [6, 6.07) is 12.2. The van der Waals surface area contributed by atoms with E-state index in [1.165, 1.54) is 3.97 Å². The van der Waals surface area contributed by atoms with Gasteiger partial charge < -0.3 is 10.1 Å². The molecular weight excluding hydrogens is 454 g/mol. The minimum atomic E-state index is -3.72. The molecule has 0 radical (unpaired) electrons. The van der Waals surface area contributed by atoms with Crippen molar-refractivity contribution >= 4 is 36.9 Å². The van der Waals surface area contributed by atoms with Gasteiger partial charge >= 0.3 is 0 Å². The maximum Gasteiger partial charge on any atom is 0.268 e. The van der Waals surface area contributed by atoms with Gasteiger partial charge in [0.05, 0.1) is 17.5 Å². The van der Waals surface area contributed by atoms with Gasteiger partial charge in [-0.15, -0.1) is 0 Å². The van der Waals surface area contributed by atoms with Crippen LogP contribution in [0.25, 0.3) is 10.9 Å². The van der Waals surface area contributed by atoms with Crippen LogP contribution in [0.4, 0.5) is 0 Å². The van der Waals surface area contributed by atoms with Crippen LogP contribution >= 0.6 is 15.9 Å². The smallest absolute Gasteiger partial charge is 0.268 e. The Kier molecular flexibility index (Phi) is 5.96. The van der Waals surface area contributed by atoms with Crippen molar-refractivity contribution in [1.82, 2.24) is 14.2 Å². The number of ether oxygens (including phenoxy) is 1. The summed E-state index contributed by atoms with van der Waals surface area (Å²) in [5.41, 5.74) is 1.70. The summed E-state index contributed by atoms with van der Waals surface area (Å²) in [5.74, 6) is 0.626. The second-order valence-corrected chi connectivity index (χ2v) is 9.90. The van der Waals surface area contributed by atoms with Crippen molar-refractivity contribution in [1.29, 1.82) is 0 Å². The first-order chi connectivity index (χ1) is 14.0. The molecule has 154 valence electrons. The Morgan fingerprint density at radius 3 is 2.66 bits per heavy atom. The molecule has 0 bridgehead atoms. The van der Waals surface area contributed by atoms with Crippen LogP contribution in [-0.4, -0.2) is 50.6 Å². The van der Waals surface area contributed by atoms with Gasteiger partial charge in [-0.25, -0.2) is 12.4 Å². The van der Waals surface area contributed by atoms with Crippen LogP contribution in [0, 0.1) is 0 Å². The highest BCUT2D eigenvalue weighted by Crippen LogP contribution is 2.30. The Bertz CT molecular complexity index is 1100. The molecule has 4 rings (SSSR count). The average molecular weight is 478 g/mol. The van der Waals surface area contributed by atoms with Gasteiger partial charge in [0.15, 0.2) is 0 Å². The first-order valence-corrected chi connectivity index (χ1v) is 11.8. The minimum Gasteiger partial charge on any atom is -0.497 e. The van der Waals surface area contributed by atoms with Crippen molar-refractivity contribution in [2.75, 3.05) is 33.3 Å². The predicted molar refractivity (Wildman–Crippen MR) is 118 cm³/mol. The predicted octanol–water partition coefficient (Wildman–Crippen LogP) is 3.44. The molecule has 6 nitrogen and oxygen atoms in total. The number of halogens is 1. The van der Waals surface area contributed by atoms with E-state index < -0.39 is 10.0 Å². The lowest BCUT2D eigenvalue weighted by atomic mass is 10.1. The molecule has 2 heterocycles. The quantitative estimate of drug-likeness (QED) is 0.609. The summed E-state index contributed by atoms with van der Waals surface area (Å²) in [6.07, 6.45) is 2.86. The summed E-state index contributed by atoms with van der Waals surface area (Å²) in [6.45, 7) is 4.65. The van der Waals surface area contributed by atoms with Crippen LogP contribution in [0.2, 0.25) is 0 Å². The van der Waals surface area contributed by atoms with E-state index in [4.69, 9.17) is 4.74 Å². The molecule has 1 aliphatic heterocycles. The molecule has 1 aliphatic rings. The third-order valence-electron chi connectivity index (χ3n) is 5.26. The van der Waals surface area contributed by atoms with Crippen molar-refractivity contribution < 1.29 is 13.2 Å². The highest BCUT2D eigenvalue weighted by Gasteiger charge is 2.22. The monoisotopic (exact) mass is 477 g/mol. The number of hydrogen-bond acceptors (Lipinski definition) is 5. The molecule has 0 atom stereocenters. The largest absolute Gasteiger partial charge is 0.497 e. The number of hydrogen-bond donors (Lipinski definition) is 1. The van der Waals surface area contributed by atoms with Crippen molar-refractivity contribution in [3.63, 3.8) is 0 Å². The van der Waals surface area contributed by atoms with Crippen LogP contribution in [0.1, 0.15) is 12.0 Å². The molecule has 1 N–H and O–H groups in total. The number of fused-ring (bicyclic) bond motifs is 1. The van der Waals surface area contributed by atoms with Gasteiger partial charge in [-0.2, -0.15) is 0 Å². The number of benzene rings is 2. The molecule has 1 fully saturated rings. The maximum atomic E-state index is 13.4. The molecule has 29 heavy (non-hydrogen) atoms. The van der Waals surface area contributed by atoms with Gasteiger partial charge in [-0.1, -0.05) is 15.9 Å². The maximum absolute atomic E-state index is 13.4. The lowest BCUT2D eigenvalue weighted by Crippen LogP contribution is -2.27. The first-order valence-electron chi connectivity index (χ1n) is 9.61. The number of aromatic nitrogens is 1. The molecular formula is C21H24BrN3O3S. The highest BCUT2D eigenvalue weighted by atomic mass is 79.9.